The number of nitrogens with one attached hydrogen (secondary N) is 1. The molecule has 1 aliphatic heterocycles. The molecule has 186 valence electrons. The fourth-order valence-corrected chi connectivity index (χ4v) is 4.85. The number of hydrogen-bond donors (Lipinski definition) is 1. The van der Waals surface area contributed by atoms with E-state index < -0.39 is 22.7 Å². The Hall–Kier alpha value is -2.56. The first-order valence-electron chi connectivity index (χ1n) is 10.6. The summed E-state index contributed by atoms with van der Waals surface area (Å²) >= 11 is 12.2. The summed E-state index contributed by atoms with van der Waals surface area (Å²) in [5.74, 6) is 0.174. The fourth-order valence-electron chi connectivity index (χ4n) is 3.32. The number of thioether (sulfide) groups is 1. The van der Waals surface area contributed by atoms with Crippen LogP contribution in [0.25, 0.3) is 6.08 Å². The molecule has 0 aliphatic carbocycles. The molecule has 0 spiro atoms. The van der Waals surface area contributed by atoms with Crippen LogP contribution in [0.3, 0.4) is 0 Å². The van der Waals surface area contributed by atoms with Gasteiger partial charge in [0.05, 0.1) is 22.6 Å². The van der Waals surface area contributed by atoms with Crippen molar-refractivity contribution in [3.8, 4) is 5.75 Å². The second kappa shape index (κ2) is 11.9. The van der Waals surface area contributed by atoms with Crippen molar-refractivity contribution in [1.82, 2.24) is 4.90 Å². The molecule has 0 radical (unpaired) electrons. The van der Waals surface area contributed by atoms with Gasteiger partial charge < -0.3 is 10.1 Å². The van der Waals surface area contributed by atoms with Gasteiger partial charge in [-0.05, 0) is 54.8 Å². The number of benzene rings is 2. The molecule has 1 saturated heterocycles. The molecule has 5 nitrogen and oxygen atoms in total. The Labute approximate surface area is 215 Å². The van der Waals surface area contributed by atoms with Crippen LogP contribution in [0.1, 0.15) is 36.8 Å². The highest BCUT2D eigenvalue weighted by Crippen LogP contribution is 2.36. The molecule has 11 heteroatoms. The van der Waals surface area contributed by atoms with Gasteiger partial charge in [-0.1, -0.05) is 54.1 Å². The van der Waals surface area contributed by atoms with E-state index in [2.05, 4.69) is 5.32 Å². The lowest BCUT2D eigenvalue weighted by molar-refractivity contribution is -0.137. The summed E-state index contributed by atoms with van der Waals surface area (Å²) < 4.78 is 44.5. The number of hydrogen-bond acceptors (Lipinski definition) is 5. The lowest BCUT2D eigenvalue weighted by Gasteiger charge is -2.14. The largest absolute Gasteiger partial charge is 0.497 e. The van der Waals surface area contributed by atoms with Crippen LogP contribution < -0.4 is 10.1 Å². The SMILES string of the molecule is COc1ccc(C=C2SC(=S)N(CCCCCC(=O)Nc3ccc(Cl)c(C(F)(F)F)c3)C2=O)cc1. The molecular weight excluding hydrogens is 521 g/mol. The third kappa shape index (κ3) is 7.46. The van der Waals surface area contributed by atoms with E-state index in [-0.39, 0.29) is 18.0 Å². The van der Waals surface area contributed by atoms with Crippen molar-refractivity contribution >= 4 is 63.5 Å². The number of halogens is 4. The van der Waals surface area contributed by atoms with E-state index in [1.807, 2.05) is 24.3 Å². The highest BCUT2D eigenvalue weighted by Gasteiger charge is 2.33. The topological polar surface area (TPSA) is 58.6 Å². The predicted molar refractivity (Wildman–Crippen MR) is 136 cm³/mol. The minimum atomic E-state index is -4.60. The number of ether oxygens (including phenoxy) is 1. The van der Waals surface area contributed by atoms with Crippen LogP contribution in [0, 0.1) is 0 Å². The summed E-state index contributed by atoms with van der Waals surface area (Å²) in [5, 5.41) is 2.04. The quantitative estimate of drug-likeness (QED) is 0.215. The number of carbonyl (C=O) groups excluding carboxylic acids is 2. The van der Waals surface area contributed by atoms with E-state index in [4.69, 9.17) is 28.6 Å². The number of methoxy groups -OCH3 is 1. The number of unbranched alkanes of at least 4 members (excludes halogenated alkanes) is 2. The standard InChI is InChI=1S/C24H22ClF3N2O3S2/c1-33-17-9-6-15(7-10-17)13-20-22(32)30(23(34)35-20)12-4-2-3-5-21(31)29-16-8-11-19(25)18(14-16)24(26,27)28/h6-11,13-14H,2-5,12H2,1H3,(H,29,31). The number of nitrogens with zero attached hydrogens (tertiary/aromatic N) is 1. The second-order valence-corrected chi connectivity index (χ2v) is 9.74. The van der Waals surface area contributed by atoms with Crippen molar-refractivity contribution in [2.45, 2.75) is 31.9 Å². The minimum Gasteiger partial charge on any atom is -0.497 e. The maximum atomic E-state index is 13.0. The van der Waals surface area contributed by atoms with Gasteiger partial charge in [0.15, 0.2) is 0 Å². The predicted octanol–water partition coefficient (Wildman–Crippen LogP) is 6.77. The molecule has 1 N–H and O–H groups in total. The molecular formula is C24H22ClF3N2O3S2. The van der Waals surface area contributed by atoms with Crippen molar-refractivity contribution in [2.75, 3.05) is 19.0 Å². The first kappa shape index (κ1) is 27.0. The average molecular weight is 543 g/mol. The van der Waals surface area contributed by atoms with Crippen LogP contribution in [0.4, 0.5) is 18.9 Å². The van der Waals surface area contributed by atoms with Crippen molar-refractivity contribution in [2.24, 2.45) is 0 Å². The van der Waals surface area contributed by atoms with Crippen molar-refractivity contribution < 1.29 is 27.5 Å². The number of thiocarbonyl (C=S) groups is 1. The molecule has 3 rings (SSSR count). The Morgan fingerprint density at radius 3 is 2.54 bits per heavy atom. The number of carbonyl (C=O) groups is 2. The van der Waals surface area contributed by atoms with Gasteiger partial charge in [0.1, 0.15) is 10.1 Å². The number of anilines is 1. The van der Waals surface area contributed by atoms with Crippen LogP contribution in [-0.2, 0) is 15.8 Å². The number of alkyl halides is 3. The summed E-state index contributed by atoms with van der Waals surface area (Å²) in [6.07, 6.45) is -0.885. The Morgan fingerprint density at radius 1 is 1.17 bits per heavy atom. The van der Waals surface area contributed by atoms with Gasteiger partial charge >= 0.3 is 6.18 Å². The fraction of sp³-hybridized carbons (Fsp3) is 0.292. The number of rotatable bonds is 9. The lowest BCUT2D eigenvalue weighted by Crippen LogP contribution is -2.29. The molecule has 35 heavy (non-hydrogen) atoms. The van der Waals surface area contributed by atoms with Crippen molar-refractivity contribution in [3.05, 3.63) is 63.5 Å². The lowest BCUT2D eigenvalue weighted by atomic mass is 10.1. The van der Waals surface area contributed by atoms with Crippen LogP contribution in [-0.4, -0.2) is 34.7 Å². The molecule has 2 aromatic rings. The summed E-state index contributed by atoms with van der Waals surface area (Å²) in [5.41, 5.74) is -0.102. The second-order valence-electron chi connectivity index (χ2n) is 7.66. The minimum absolute atomic E-state index is 0.0351. The highest BCUT2D eigenvalue weighted by molar-refractivity contribution is 8.26. The van der Waals surface area contributed by atoms with E-state index >= 15 is 0 Å². The maximum absolute atomic E-state index is 13.0. The molecule has 1 fully saturated rings. The molecule has 1 aliphatic rings. The summed E-state index contributed by atoms with van der Waals surface area (Å²) in [7, 11) is 1.58. The molecule has 0 unspecified atom stereocenters. The van der Waals surface area contributed by atoms with Crippen LogP contribution >= 0.6 is 35.6 Å². The van der Waals surface area contributed by atoms with Crippen LogP contribution in [0.5, 0.6) is 5.75 Å². The van der Waals surface area contributed by atoms with Gasteiger partial charge in [-0.15, -0.1) is 0 Å². The molecule has 1 heterocycles. The normalized spacial score (nSPS) is 15.1. The molecule has 0 aromatic heterocycles. The monoisotopic (exact) mass is 542 g/mol. The summed E-state index contributed by atoms with van der Waals surface area (Å²) in [6, 6.07) is 10.6. The van der Waals surface area contributed by atoms with E-state index in [0.717, 1.165) is 23.4 Å². The molecule has 2 aromatic carbocycles. The number of amides is 2. The first-order valence-corrected chi connectivity index (χ1v) is 12.2. The zero-order valence-corrected chi connectivity index (χ0v) is 21.0. The Balaban J connectivity index is 1.43. The van der Waals surface area contributed by atoms with Gasteiger partial charge in [-0.3, -0.25) is 14.5 Å². The van der Waals surface area contributed by atoms with Gasteiger partial charge in [0, 0.05) is 18.7 Å². The molecule has 2 amide bonds. The Morgan fingerprint density at radius 2 is 1.89 bits per heavy atom. The highest BCUT2D eigenvalue weighted by atomic mass is 35.5. The van der Waals surface area contributed by atoms with Gasteiger partial charge in [-0.2, -0.15) is 13.2 Å². The van der Waals surface area contributed by atoms with E-state index in [9.17, 15) is 22.8 Å². The third-order valence-corrected chi connectivity index (χ3v) is 6.84. The van der Waals surface area contributed by atoms with Gasteiger partial charge in [0.2, 0.25) is 5.91 Å². The van der Waals surface area contributed by atoms with E-state index in [1.54, 1.807) is 18.1 Å². The van der Waals surface area contributed by atoms with E-state index in [0.29, 0.717) is 35.0 Å². The van der Waals surface area contributed by atoms with Crippen molar-refractivity contribution in [1.29, 1.82) is 0 Å². The van der Waals surface area contributed by atoms with Crippen LogP contribution in [0.2, 0.25) is 5.02 Å². The zero-order valence-electron chi connectivity index (χ0n) is 18.7. The van der Waals surface area contributed by atoms with Crippen LogP contribution in [0.15, 0.2) is 47.4 Å². The zero-order chi connectivity index (χ0) is 25.6. The third-order valence-electron chi connectivity index (χ3n) is 5.13. The first-order chi connectivity index (χ1) is 16.6. The summed E-state index contributed by atoms with van der Waals surface area (Å²) in [4.78, 5) is 26.9. The molecule has 0 saturated carbocycles. The maximum Gasteiger partial charge on any atom is 0.417 e. The smallest absolute Gasteiger partial charge is 0.417 e. The molecule has 0 bridgehead atoms. The molecule has 0 atom stereocenters. The van der Waals surface area contributed by atoms with E-state index in [1.165, 1.54) is 17.8 Å². The Bertz CT molecular complexity index is 1140. The Kier molecular flexibility index (Phi) is 9.21. The summed E-state index contributed by atoms with van der Waals surface area (Å²) in [6.45, 7) is 0.429. The van der Waals surface area contributed by atoms with Gasteiger partial charge in [-0.25, -0.2) is 0 Å². The average Bonchev–Trinajstić information content (AvgIpc) is 3.07. The van der Waals surface area contributed by atoms with Gasteiger partial charge in [0.25, 0.3) is 5.91 Å². The van der Waals surface area contributed by atoms with Crippen molar-refractivity contribution in [3.63, 3.8) is 0 Å².